The molecule has 0 radical (unpaired) electrons. The van der Waals surface area contributed by atoms with E-state index in [2.05, 4.69) is 218 Å². The number of nitrogens with zero attached hydrogens (tertiary/aromatic N) is 11. The quantitative estimate of drug-likeness (QED) is 0.149. The molecule has 0 saturated heterocycles. The lowest BCUT2D eigenvalue weighted by Crippen LogP contribution is -2.17. The van der Waals surface area contributed by atoms with Gasteiger partial charge in [0.05, 0.1) is 111 Å². The Balaban J connectivity index is 1.22. The van der Waals surface area contributed by atoms with E-state index in [1.54, 1.807) is 11.3 Å². The zero-order valence-electron chi connectivity index (χ0n) is 45.2. The molecule has 0 spiro atoms. The predicted molar refractivity (Wildman–Crippen MR) is 345 cm³/mol. The van der Waals surface area contributed by atoms with Crippen molar-refractivity contribution in [3.63, 3.8) is 0 Å². The van der Waals surface area contributed by atoms with Gasteiger partial charge in [-0.2, -0.15) is 0 Å². The molecule has 10 heterocycles. The van der Waals surface area contributed by atoms with Gasteiger partial charge in [0.2, 0.25) is 0 Å². The second-order valence-electron chi connectivity index (χ2n) is 21.2. The van der Waals surface area contributed by atoms with E-state index < -0.39 is 0 Å². The van der Waals surface area contributed by atoms with E-state index in [9.17, 15) is 0 Å². The smallest absolute Gasteiger partial charge is 0.160 e. The topological polar surface area (TPSA) is 110 Å². The summed E-state index contributed by atoms with van der Waals surface area (Å²) in [7, 11) is 0. The predicted octanol–water partition coefficient (Wildman–Crippen LogP) is 17.7. The normalized spacial score (nSPS) is 12.0. The van der Waals surface area contributed by atoms with Crippen LogP contribution in [-0.4, -0.2) is 53.2 Å². The Bertz CT molecular complexity index is 5450. The number of rotatable bonds is 8. The zero-order chi connectivity index (χ0) is 55.7. The van der Waals surface area contributed by atoms with Crippen LogP contribution in [0, 0.1) is 0 Å². The SMILES string of the molecule is c1ccc(-c2cc(-c3c(-c4nc5ccccc5s4)c(-n4c5ccccc5c5ncccc54)c(-n4c5ccccc5c5ncccc54)c(-n4c5ccccc5c5ncccc54)c3-n3c4ccccc4c4ncccc43)nc(-c3ccccc3)n2)cc1. The van der Waals surface area contributed by atoms with Gasteiger partial charge in [0.25, 0.3) is 0 Å². The fourth-order valence-electron chi connectivity index (χ4n) is 13.1. The first-order valence-electron chi connectivity index (χ1n) is 28.2. The number of fused-ring (bicyclic) bond motifs is 13. The van der Waals surface area contributed by atoms with Crippen molar-refractivity contribution < 1.29 is 0 Å². The first kappa shape index (κ1) is 47.2. The monoisotopic (exact) mass is 1110 g/mol. The average Bonchev–Trinajstić information content (AvgIpc) is 1.69. The summed E-state index contributed by atoms with van der Waals surface area (Å²) in [5, 5.41) is 4.80. The molecule has 0 aliphatic carbocycles. The number of benzene rings is 8. The molecule has 85 heavy (non-hydrogen) atoms. The highest BCUT2D eigenvalue weighted by atomic mass is 32.1. The largest absolute Gasteiger partial charge is 0.305 e. The van der Waals surface area contributed by atoms with Crippen LogP contribution in [0.15, 0.2) is 261 Å². The summed E-state index contributed by atoms with van der Waals surface area (Å²) in [5.74, 6) is 0.574. The first-order valence-corrected chi connectivity index (χ1v) is 29.0. The van der Waals surface area contributed by atoms with Crippen molar-refractivity contribution in [2.75, 3.05) is 0 Å². The third-order valence-electron chi connectivity index (χ3n) is 16.6. The molecule has 11 nitrogen and oxygen atoms in total. The van der Waals surface area contributed by atoms with Crippen LogP contribution in [0.2, 0.25) is 0 Å². The van der Waals surface area contributed by atoms with Crippen molar-refractivity contribution in [1.82, 2.24) is 53.2 Å². The lowest BCUT2D eigenvalue weighted by Gasteiger charge is -2.30. The van der Waals surface area contributed by atoms with Gasteiger partial charge in [-0.15, -0.1) is 11.3 Å². The first-order chi connectivity index (χ1) is 42.2. The molecule has 0 aliphatic heterocycles. The van der Waals surface area contributed by atoms with Crippen molar-refractivity contribution in [2.24, 2.45) is 0 Å². The van der Waals surface area contributed by atoms with Crippen molar-refractivity contribution >= 4 is 109 Å². The molecule has 0 fully saturated rings. The summed E-state index contributed by atoms with van der Waals surface area (Å²) in [6.07, 6.45) is 7.58. The van der Waals surface area contributed by atoms with Crippen LogP contribution in [0.1, 0.15) is 0 Å². The van der Waals surface area contributed by atoms with Gasteiger partial charge in [0.15, 0.2) is 5.82 Å². The Hall–Kier alpha value is -11.5. The molecule has 0 aliphatic rings. The highest BCUT2D eigenvalue weighted by Crippen LogP contribution is 2.55. The molecule has 10 aromatic heterocycles. The molecule has 0 amide bonds. The maximum atomic E-state index is 5.93. The van der Waals surface area contributed by atoms with Crippen molar-refractivity contribution in [3.05, 3.63) is 261 Å². The van der Waals surface area contributed by atoms with Gasteiger partial charge >= 0.3 is 0 Å². The Kier molecular flexibility index (Phi) is 10.3. The minimum atomic E-state index is 0.574. The third kappa shape index (κ3) is 6.97. The van der Waals surface area contributed by atoms with E-state index in [1.807, 2.05) is 61.2 Å². The number of thiazole rings is 1. The van der Waals surface area contributed by atoms with Crippen LogP contribution in [0.3, 0.4) is 0 Å². The fraction of sp³-hybridized carbons (Fsp3) is 0. The van der Waals surface area contributed by atoms with Gasteiger partial charge in [-0.1, -0.05) is 146 Å². The summed E-state index contributed by atoms with van der Waals surface area (Å²) >= 11 is 1.67. The maximum Gasteiger partial charge on any atom is 0.160 e. The van der Waals surface area contributed by atoms with Gasteiger partial charge in [0.1, 0.15) is 5.01 Å². The molecule has 8 aromatic carbocycles. The lowest BCUT2D eigenvalue weighted by molar-refractivity contribution is 1.02. The maximum absolute atomic E-state index is 5.93. The molecule has 0 atom stereocenters. The number of para-hydroxylation sites is 5. The molecular weight excluding hydrogens is 1060 g/mol. The number of hydrogen-bond donors (Lipinski definition) is 0. The van der Waals surface area contributed by atoms with Crippen LogP contribution >= 0.6 is 11.3 Å². The van der Waals surface area contributed by atoms with Crippen molar-refractivity contribution in [2.45, 2.75) is 0 Å². The van der Waals surface area contributed by atoms with E-state index in [-0.39, 0.29) is 0 Å². The molecular formula is C73H43N11S. The lowest BCUT2D eigenvalue weighted by atomic mass is 9.93. The molecule has 0 unspecified atom stereocenters. The third-order valence-corrected chi connectivity index (χ3v) is 17.6. The van der Waals surface area contributed by atoms with Crippen LogP contribution in [-0.2, 0) is 0 Å². The average molecular weight is 1110 g/mol. The second-order valence-corrected chi connectivity index (χ2v) is 22.3. The van der Waals surface area contributed by atoms with Crippen molar-refractivity contribution in [1.29, 1.82) is 0 Å². The zero-order valence-corrected chi connectivity index (χ0v) is 46.0. The van der Waals surface area contributed by atoms with E-state index >= 15 is 0 Å². The molecule has 396 valence electrons. The van der Waals surface area contributed by atoms with Gasteiger partial charge in [-0.3, -0.25) is 19.9 Å². The Morgan fingerprint density at radius 1 is 0.282 bits per heavy atom. The van der Waals surface area contributed by atoms with Gasteiger partial charge in [0, 0.05) is 68.6 Å². The molecule has 18 aromatic rings. The number of aromatic nitrogens is 11. The summed E-state index contributed by atoms with van der Waals surface area (Å²) < 4.78 is 10.8. The summed E-state index contributed by atoms with van der Waals surface area (Å²) in [6, 6.07) is 82.9. The Morgan fingerprint density at radius 2 is 0.647 bits per heavy atom. The number of pyridine rings is 4. The minimum absolute atomic E-state index is 0.574. The van der Waals surface area contributed by atoms with E-state index in [0.717, 1.165) is 154 Å². The van der Waals surface area contributed by atoms with Crippen LogP contribution in [0.25, 0.3) is 165 Å². The molecule has 0 N–H and O–H groups in total. The Morgan fingerprint density at radius 3 is 1.11 bits per heavy atom. The summed E-state index contributed by atoms with van der Waals surface area (Å²) in [4.78, 5) is 38.3. The highest BCUT2D eigenvalue weighted by molar-refractivity contribution is 7.21. The number of hydrogen-bond acceptors (Lipinski definition) is 8. The van der Waals surface area contributed by atoms with E-state index in [4.69, 9.17) is 34.9 Å². The molecule has 12 heteroatoms. The summed E-state index contributed by atoms with van der Waals surface area (Å²) in [5.41, 5.74) is 20.2. The highest BCUT2D eigenvalue weighted by Gasteiger charge is 2.37. The van der Waals surface area contributed by atoms with Crippen LogP contribution < -0.4 is 0 Å². The minimum Gasteiger partial charge on any atom is -0.305 e. The van der Waals surface area contributed by atoms with Gasteiger partial charge in [-0.25, -0.2) is 15.0 Å². The molecule has 0 saturated carbocycles. The summed E-state index contributed by atoms with van der Waals surface area (Å²) in [6.45, 7) is 0. The standard InChI is InChI=1S/C73H43N11S/c1-3-21-44(22-4-1)51-43-52(79-72(78-51)45-23-5-2-6-24-45)62-63(73-80-50-29-11-16-38-61(50)85-73)69(82-54-31-13-8-26-47(54)65-58(82)35-18-40-75-65)71(84-56-33-15-10-28-49(56)67-60(84)37-20-42-77-67)70(83-55-32-14-9-27-48(55)66-59(83)36-19-41-76-66)68(62)81-53-30-12-7-25-46(53)64-57(81)34-17-39-74-64/h1-43H. The van der Waals surface area contributed by atoms with Crippen molar-refractivity contribution in [3.8, 4) is 67.2 Å². The fourth-order valence-corrected chi connectivity index (χ4v) is 14.2. The molecule has 0 bridgehead atoms. The van der Waals surface area contributed by atoms with E-state index in [1.165, 1.54) is 0 Å². The van der Waals surface area contributed by atoms with E-state index in [0.29, 0.717) is 11.5 Å². The van der Waals surface area contributed by atoms with Gasteiger partial charge < -0.3 is 18.3 Å². The Labute approximate surface area is 488 Å². The van der Waals surface area contributed by atoms with Gasteiger partial charge in [-0.05, 0) is 91.0 Å². The van der Waals surface area contributed by atoms with Crippen LogP contribution in [0.4, 0.5) is 0 Å². The molecule has 18 rings (SSSR count). The second kappa shape index (κ2) is 18.5. The van der Waals surface area contributed by atoms with Crippen LogP contribution in [0.5, 0.6) is 0 Å².